The fraction of sp³-hybridized carbons (Fsp3) is 0.750. The van der Waals surface area contributed by atoms with E-state index in [1.165, 1.54) is 67.2 Å². The van der Waals surface area contributed by atoms with E-state index in [-0.39, 0.29) is 11.8 Å². The molecule has 1 aliphatic rings. The number of hydrogen-bond acceptors (Lipinski definition) is 4. The standard InChI is InChI=1S/C36H62O4/c1-8-9-10-11-12-13-25-40-35-32(7)31(6)34(37)26-33(35)24-23-29(4)20-15-19-27(2)17-14-18-28(3)21-16-22-30(5)36(38)39/h17,21,26,29-31,34,37H,8-16,18-20,22-25H2,1-7H3,(H,38,39)/p-1/b27-17+,28-21+. The first kappa shape index (κ1) is 36.2. The van der Waals surface area contributed by atoms with Crippen molar-refractivity contribution < 1.29 is 19.7 Å². The lowest BCUT2D eigenvalue weighted by molar-refractivity contribution is -0.311. The van der Waals surface area contributed by atoms with E-state index in [1.807, 2.05) is 6.08 Å². The van der Waals surface area contributed by atoms with E-state index in [0.29, 0.717) is 12.3 Å². The minimum Gasteiger partial charge on any atom is -0.550 e. The van der Waals surface area contributed by atoms with Gasteiger partial charge in [-0.2, -0.15) is 0 Å². The number of unbranched alkanes of at least 4 members (excludes halogenated alkanes) is 5. The van der Waals surface area contributed by atoms with Crippen LogP contribution in [0.1, 0.15) is 145 Å². The van der Waals surface area contributed by atoms with E-state index in [0.717, 1.165) is 57.3 Å². The molecule has 0 radical (unpaired) electrons. The van der Waals surface area contributed by atoms with Gasteiger partial charge in [-0.25, -0.2) is 0 Å². The second kappa shape index (κ2) is 21.0. The number of carboxylic acid groups (broad SMARTS) is 1. The van der Waals surface area contributed by atoms with Crippen LogP contribution in [0, 0.1) is 17.8 Å². The zero-order valence-corrected chi connectivity index (χ0v) is 27.0. The summed E-state index contributed by atoms with van der Waals surface area (Å²) in [6, 6.07) is 0. The Morgan fingerprint density at radius 1 is 0.975 bits per heavy atom. The van der Waals surface area contributed by atoms with Crippen LogP contribution in [0.25, 0.3) is 0 Å². The zero-order chi connectivity index (χ0) is 29.9. The first-order valence-corrected chi connectivity index (χ1v) is 16.3. The summed E-state index contributed by atoms with van der Waals surface area (Å²) in [7, 11) is 0. The third kappa shape index (κ3) is 15.3. The van der Waals surface area contributed by atoms with Crippen molar-refractivity contribution in [2.75, 3.05) is 6.61 Å². The van der Waals surface area contributed by atoms with Crippen LogP contribution >= 0.6 is 0 Å². The second-order valence-electron chi connectivity index (χ2n) is 12.6. The van der Waals surface area contributed by atoms with Gasteiger partial charge in [-0.05, 0) is 108 Å². The van der Waals surface area contributed by atoms with Gasteiger partial charge < -0.3 is 19.7 Å². The van der Waals surface area contributed by atoms with Crippen molar-refractivity contribution in [3.05, 3.63) is 46.3 Å². The highest BCUT2D eigenvalue weighted by atomic mass is 16.5. The fourth-order valence-corrected chi connectivity index (χ4v) is 5.33. The van der Waals surface area contributed by atoms with Crippen molar-refractivity contribution in [1.29, 1.82) is 0 Å². The van der Waals surface area contributed by atoms with Gasteiger partial charge in [0, 0.05) is 11.9 Å². The lowest BCUT2D eigenvalue weighted by atomic mass is 9.84. The fourth-order valence-electron chi connectivity index (χ4n) is 5.33. The van der Waals surface area contributed by atoms with Crippen LogP contribution in [0.15, 0.2) is 46.3 Å². The van der Waals surface area contributed by atoms with Crippen LogP contribution in [-0.2, 0) is 9.53 Å². The zero-order valence-electron chi connectivity index (χ0n) is 27.0. The van der Waals surface area contributed by atoms with Gasteiger partial charge in [0.1, 0.15) is 5.76 Å². The number of hydrogen-bond donors (Lipinski definition) is 1. The molecule has 0 aromatic rings. The summed E-state index contributed by atoms with van der Waals surface area (Å²) in [5.74, 6) is 0.471. The number of carbonyl (C=O) groups is 1. The van der Waals surface area contributed by atoms with Gasteiger partial charge in [0.2, 0.25) is 0 Å². The Balaban J connectivity index is 2.39. The molecule has 0 fully saturated rings. The van der Waals surface area contributed by atoms with Gasteiger partial charge in [-0.1, -0.05) is 89.5 Å². The van der Waals surface area contributed by atoms with Crippen LogP contribution in [-0.4, -0.2) is 23.8 Å². The van der Waals surface area contributed by atoms with Crippen molar-refractivity contribution >= 4 is 5.97 Å². The molecular formula is C36H61O4-. The molecule has 1 N–H and O–H groups in total. The predicted molar refractivity (Wildman–Crippen MR) is 168 cm³/mol. The molecule has 4 unspecified atom stereocenters. The highest BCUT2D eigenvalue weighted by Crippen LogP contribution is 2.34. The summed E-state index contributed by atoms with van der Waals surface area (Å²) in [5, 5.41) is 21.4. The quantitative estimate of drug-likeness (QED) is 0.106. The van der Waals surface area contributed by atoms with E-state index in [1.54, 1.807) is 6.92 Å². The highest BCUT2D eigenvalue weighted by molar-refractivity contribution is 5.66. The largest absolute Gasteiger partial charge is 0.550 e. The minimum absolute atomic E-state index is 0.118. The van der Waals surface area contributed by atoms with Crippen molar-refractivity contribution in [2.45, 2.75) is 151 Å². The summed E-state index contributed by atoms with van der Waals surface area (Å²) in [4.78, 5) is 10.8. The average Bonchev–Trinajstić information content (AvgIpc) is 2.91. The summed E-state index contributed by atoms with van der Waals surface area (Å²) in [6.07, 6.45) is 22.9. The molecule has 0 heterocycles. The molecule has 0 saturated carbocycles. The number of ether oxygens (including phenoxy) is 1. The third-order valence-electron chi connectivity index (χ3n) is 8.66. The number of aliphatic carboxylic acids is 1. The van der Waals surface area contributed by atoms with Crippen LogP contribution in [0.3, 0.4) is 0 Å². The molecule has 0 spiro atoms. The summed E-state index contributed by atoms with van der Waals surface area (Å²) in [6.45, 7) is 15.7. The first-order chi connectivity index (χ1) is 19.1. The van der Waals surface area contributed by atoms with Gasteiger partial charge in [0.05, 0.1) is 12.7 Å². The molecule has 0 aliphatic heterocycles. The molecule has 4 atom stereocenters. The van der Waals surface area contributed by atoms with E-state index >= 15 is 0 Å². The Labute approximate surface area is 247 Å². The Morgan fingerprint density at radius 2 is 1.62 bits per heavy atom. The normalized spacial score (nSPS) is 19.9. The number of rotatable bonds is 22. The molecule has 0 aromatic heterocycles. The van der Waals surface area contributed by atoms with Gasteiger partial charge in [-0.15, -0.1) is 0 Å². The highest BCUT2D eigenvalue weighted by Gasteiger charge is 2.26. The van der Waals surface area contributed by atoms with E-state index < -0.39 is 12.1 Å². The molecule has 4 heteroatoms. The maximum absolute atomic E-state index is 10.8. The van der Waals surface area contributed by atoms with Crippen molar-refractivity contribution in [3.8, 4) is 0 Å². The van der Waals surface area contributed by atoms with Gasteiger partial charge >= 0.3 is 0 Å². The number of carboxylic acids is 1. The van der Waals surface area contributed by atoms with Crippen LogP contribution in [0.5, 0.6) is 0 Å². The first-order valence-electron chi connectivity index (χ1n) is 16.3. The van der Waals surface area contributed by atoms with E-state index in [9.17, 15) is 15.0 Å². The summed E-state index contributed by atoms with van der Waals surface area (Å²) < 4.78 is 6.34. The molecule has 40 heavy (non-hydrogen) atoms. The lowest BCUT2D eigenvalue weighted by Crippen LogP contribution is -2.29. The van der Waals surface area contributed by atoms with Crippen molar-refractivity contribution in [1.82, 2.24) is 0 Å². The number of allylic oxidation sites excluding steroid dienone is 5. The van der Waals surface area contributed by atoms with Crippen molar-refractivity contribution in [3.63, 3.8) is 0 Å². The number of carbonyl (C=O) groups excluding carboxylic acids is 1. The predicted octanol–water partition coefficient (Wildman–Crippen LogP) is 9.00. The molecular weight excluding hydrogens is 496 g/mol. The number of aliphatic hydroxyl groups excluding tert-OH is 1. The Morgan fingerprint density at radius 3 is 2.33 bits per heavy atom. The van der Waals surface area contributed by atoms with E-state index in [2.05, 4.69) is 53.7 Å². The summed E-state index contributed by atoms with van der Waals surface area (Å²) in [5.41, 5.74) is 5.19. The average molecular weight is 558 g/mol. The van der Waals surface area contributed by atoms with Crippen molar-refractivity contribution in [2.24, 2.45) is 17.8 Å². The molecule has 0 amide bonds. The molecule has 1 aliphatic carbocycles. The second-order valence-corrected chi connectivity index (χ2v) is 12.6. The topological polar surface area (TPSA) is 69.6 Å². The molecule has 4 nitrogen and oxygen atoms in total. The van der Waals surface area contributed by atoms with Crippen LogP contribution in [0.2, 0.25) is 0 Å². The Hall–Kier alpha value is -1.81. The monoisotopic (exact) mass is 557 g/mol. The van der Waals surface area contributed by atoms with Crippen LogP contribution in [0.4, 0.5) is 0 Å². The third-order valence-corrected chi connectivity index (χ3v) is 8.66. The minimum atomic E-state index is -0.956. The van der Waals surface area contributed by atoms with Gasteiger partial charge in [-0.3, -0.25) is 0 Å². The summed E-state index contributed by atoms with van der Waals surface area (Å²) >= 11 is 0. The lowest BCUT2D eigenvalue weighted by Gasteiger charge is -2.29. The molecule has 230 valence electrons. The molecule has 0 saturated heterocycles. The maximum atomic E-state index is 10.8. The molecule has 0 aromatic carbocycles. The van der Waals surface area contributed by atoms with Gasteiger partial charge in [0.15, 0.2) is 0 Å². The number of aliphatic hydroxyl groups is 1. The van der Waals surface area contributed by atoms with E-state index in [4.69, 9.17) is 4.74 Å². The Kier molecular flexibility index (Phi) is 19.0. The van der Waals surface area contributed by atoms with Crippen LogP contribution < -0.4 is 5.11 Å². The smallest absolute Gasteiger partial charge is 0.121 e. The SMILES string of the molecule is CCCCCCCCOC1=C(C)C(C)C(O)C=C1CCC(C)CCC/C(C)=C/CC/C(C)=C/CCC(C)C(=O)[O-]. The van der Waals surface area contributed by atoms with Gasteiger partial charge in [0.25, 0.3) is 0 Å². The maximum Gasteiger partial charge on any atom is 0.121 e. The Bertz CT molecular complexity index is 847. The molecule has 1 rings (SSSR count). The molecule has 0 bridgehead atoms.